The molecule has 1 aromatic carbocycles. The average molecular weight is 360 g/mol. The SMILES string of the molecule is Cc1ccsc1CNS(=O)(=O)c1ccc(CBr)cc1. The Labute approximate surface area is 125 Å². The van der Waals surface area contributed by atoms with E-state index in [1.54, 1.807) is 35.6 Å². The van der Waals surface area contributed by atoms with Crippen molar-refractivity contribution in [3.8, 4) is 0 Å². The highest BCUT2D eigenvalue weighted by Gasteiger charge is 2.14. The van der Waals surface area contributed by atoms with Crippen molar-refractivity contribution in [1.82, 2.24) is 4.72 Å². The Balaban J connectivity index is 2.11. The summed E-state index contributed by atoms with van der Waals surface area (Å²) in [6, 6.07) is 8.85. The van der Waals surface area contributed by atoms with E-state index in [-0.39, 0.29) is 0 Å². The Morgan fingerprint density at radius 2 is 1.89 bits per heavy atom. The summed E-state index contributed by atoms with van der Waals surface area (Å²) in [7, 11) is -3.44. The fraction of sp³-hybridized carbons (Fsp3) is 0.231. The summed E-state index contributed by atoms with van der Waals surface area (Å²) in [5, 5.41) is 2.68. The van der Waals surface area contributed by atoms with E-state index in [4.69, 9.17) is 0 Å². The van der Waals surface area contributed by atoms with Crippen LogP contribution in [0.1, 0.15) is 16.0 Å². The Kier molecular flexibility index (Phi) is 4.78. The average Bonchev–Trinajstić information content (AvgIpc) is 2.82. The molecule has 2 aromatic rings. The van der Waals surface area contributed by atoms with Gasteiger partial charge in [-0.05, 0) is 41.6 Å². The summed E-state index contributed by atoms with van der Waals surface area (Å²) in [6.07, 6.45) is 0. The van der Waals surface area contributed by atoms with E-state index in [0.29, 0.717) is 11.4 Å². The fourth-order valence-electron chi connectivity index (χ4n) is 1.59. The van der Waals surface area contributed by atoms with Gasteiger partial charge in [0.25, 0.3) is 0 Å². The van der Waals surface area contributed by atoms with Gasteiger partial charge >= 0.3 is 0 Å². The van der Waals surface area contributed by atoms with Gasteiger partial charge in [-0.3, -0.25) is 0 Å². The second-order valence-corrected chi connectivity index (χ2v) is 7.46. The first-order valence-corrected chi connectivity index (χ1v) is 9.19. The number of aryl methyl sites for hydroxylation is 1. The Morgan fingerprint density at radius 3 is 2.42 bits per heavy atom. The van der Waals surface area contributed by atoms with Crippen molar-refractivity contribution >= 4 is 37.3 Å². The molecule has 0 radical (unpaired) electrons. The Morgan fingerprint density at radius 1 is 1.21 bits per heavy atom. The molecule has 0 amide bonds. The number of hydrogen-bond donors (Lipinski definition) is 1. The van der Waals surface area contributed by atoms with Crippen molar-refractivity contribution in [2.75, 3.05) is 0 Å². The van der Waals surface area contributed by atoms with Gasteiger partial charge in [-0.2, -0.15) is 0 Å². The molecule has 0 unspecified atom stereocenters. The van der Waals surface area contributed by atoms with Crippen LogP contribution in [0.25, 0.3) is 0 Å². The standard InChI is InChI=1S/C13H14BrNO2S2/c1-10-6-7-18-13(10)9-15-19(16,17)12-4-2-11(8-14)3-5-12/h2-7,15H,8-9H2,1H3. The molecule has 1 N–H and O–H groups in total. The van der Waals surface area contributed by atoms with Gasteiger partial charge in [0.1, 0.15) is 0 Å². The lowest BCUT2D eigenvalue weighted by Gasteiger charge is -2.07. The van der Waals surface area contributed by atoms with Crippen LogP contribution in [0, 0.1) is 6.92 Å². The molecule has 102 valence electrons. The molecule has 0 fully saturated rings. The number of sulfonamides is 1. The maximum atomic E-state index is 12.1. The van der Waals surface area contributed by atoms with Gasteiger partial charge in [0.2, 0.25) is 10.0 Å². The van der Waals surface area contributed by atoms with Crippen LogP contribution in [0.15, 0.2) is 40.6 Å². The van der Waals surface area contributed by atoms with Crippen LogP contribution in [0.5, 0.6) is 0 Å². The number of thiophene rings is 1. The molecule has 0 aliphatic carbocycles. The first-order valence-electron chi connectivity index (χ1n) is 5.70. The Hall–Kier alpha value is -0.690. The molecular formula is C13H14BrNO2S2. The van der Waals surface area contributed by atoms with E-state index in [0.717, 1.165) is 21.3 Å². The smallest absolute Gasteiger partial charge is 0.207 e. The third-order valence-corrected chi connectivity index (χ3v) is 5.87. The molecule has 0 atom stereocenters. The molecule has 1 aromatic heterocycles. The van der Waals surface area contributed by atoms with Gasteiger partial charge in [0, 0.05) is 16.8 Å². The number of rotatable bonds is 5. The monoisotopic (exact) mass is 359 g/mol. The number of hydrogen-bond acceptors (Lipinski definition) is 3. The summed E-state index contributed by atoms with van der Waals surface area (Å²) >= 11 is 4.89. The van der Waals surface area contributed by atoms with Gasteiger partial charge in [0.05, 0.1) is 4.90 Å². The van der Waals surface area contributed by atoms with E-state index < -0.39 is 10.0 Å². The van der Waals surface area contributed by atoms with Crippen molar-refractivity contribution in [2.24, 2.45) is 0 Å². The lowest BCUT2D eigenvalue weighted by molar-refractivity contribution is 0.581. The maximum absolute atomic E-state index is 12.1. The van der Waals surface area contributed by atoms with Crippen LogP contribution in [0.3, 0.4) is 0 Å². The van der Waals surface area contributed by atoms with Crippen molar-refractivity contribution in [2.45, 2.75) is 23.7 Å². The second kappa shape index (κ2) is 6.17. The van der Waals surface area contributed by atoms with E-state index in [1.807, 2.05) is 18.4 Å². The molecule has 0 saturated heterocycles. The highest BCUT2D eigenvalue weighted by Crippen LogP contribution is 2.17. The third-order valence-electron chi connectivity index (χ3n) is 2.78. The molecule has 0 spiro atoms. The molecule has 6 heteroatoms. The van der Waals surface area contributed by atoms with E-state index in [2.05, 4.69) is 20.7 Å². The minimum absolute atomic E-state index is 0.298. The van der Waals surface area contributed by atoms with Gasteiger partial charge in [-0.25, -0.2) is 13.1 Å². The summed E-state index contributed by atoms with van der Waals surface area (Å²) in [6.45, 7) is 2.32. The first kappa shape index (κ1) is 14.7. The molecular weight excluding hydrogens is 346 g/mol. The number of alkyl halides is 1. The summed E-state index contributed by atoms with van der Waals surface area (Å²) < 4.78 is 26.9. The van der Waals surface area contributed by atoms with Crippen molar-refractivity contribution < 1.29 is 8.42 Å². The predicted molar refractivity (Wildman–Crippen MR) is 82.2 cm³/mol. The largest absolute Gasteiger partial charge is 0.240 e. The highest BCUT2D eigenvalue weighted by atomic mass is 79.9. The van der Waals surface area contributed by atoms with Crippen LogP contribution < -0.4 is 4.72 Å². The third kappa shape index (κ3) is 3.66. The highest BCUT2D eigenvalue weighted by molar-refractivity contribution is 9.08. The predicted octanol–water partition coefficient (Wildman–Crippen LogP) is 3.43. The topological polar surface area (TPSA) is 46.2 Å². The Bertz CT molecular complexity index is 648. The van der Waals surface area contributed by atoms with E-state index >= 15 is 0 Å². The molecule has 0 aliphatic rings. The second-order valence-electron chi connectivity index (χ2n) is 4.13. The van der Waals surface area contributed by atoms with E-state index in [9.17, 15) is 8.42 Å². The summed E-state index contributed by atoms with van der Waals surface area (Å²) in [5.74, 6) is 0. The van der Waals surface area contributed by atoms with Gasteiger partial charge < -0.3 is 0 Å². The van der Waals surface area contributed by atoms with Gasteiger partial charge in [-0.15, -0.1) is 11.3 Å². The van der Waals surface area contributed by atoms with Crippen LogP contribution in [-0.2, 0) is 21.9 Å². The van der Waals surface area contributed by atoms with Crippen LogP contribution in [0.4, 0.5) is 0 Å². The fourth-order valence-corrected chi connectivity index (χ4v) is 3.89. The van der Waals surface area contributed by atoms with Crippen LogP contribution in [-0.4, -0.2) is 8.42 Å². The molecule has 0 bridgehead atoms. The van der Waals surface area contributed by atoms with Crippen molar-refractivity contribution in [3.63, 3.8) is 0 Å². The first-order chi connectivity index (χ1) is 9.03. The molecule has 2 rings (SSSR count). The van der Waals surface area contributed by atoms with Crippen LogP contribution in [0.2, 0.25) is 0 Å². The molecule has 19 heavy (non-hydrogen) atoms. The van der Waals surface area contributed by atoms with Gasteiger partial charge in [0.15, 0.2) is 0 Å². The number of nitrogens with one attached hydrogen (secondary N) is 1. The quantitative estimate of drug-likeness (QED) is 0.831. The molecule has 0 saturated carbocycles. The zero-order valence-electron chi connectivity index (χ0n) is 10.4. The van der Waals surface area contributed by atoms with Gasteiger partial charge in [-0.1, -0.05) is 28.1 Å². The number of benzene rings is 1. The summed E-state index contributed by atoms with van der Waals surface area (Å²) in [5.41, 5.74) is 2.16. The van der Waals surface area contributed by atoms with E-state index in [1.165, 1.54) is 0 Å². The zero-order chi connectivity index (χ0) is 13.9. The van der Waals surface area contributed by atoms with Crippen LogP contribution >= 0.6 is 27.3 Å². The molecule has 3 nitrogen and oxygen atoms in total. The molecule has 0 aliphatic heterocycles. The lowest BCUT2D eigenvalue weighted by Crippen LogP contribution is -2.23. The van der Waals surface area contributed by atoms with Crippen molar-refractivity contribution in [1.29, 1.82) is 0 Å². The minimum Gasteiger partial charge on any atom is -0.207 e. The van der Waals surface area contributed by atoms with Crippen molar-refractivity contribution in [3.05, 3.63) is 51.7 Å². The maximum Gasteiger partial charge on any atom is 0.240 e. The summed E-state index contributed by atoms with van der Waals surface area (Å²) in [4.78, 5) is 1.34. The lowest BCUT2D eigenvalue weighted by atomic mass is 10.2. The normalized spacial score (nSPS) is 11.7. The minimum atomic E-state index is -3.44. The molecule has 1 heterocycles. The number of halogens is 1. The zero-order valence-corrected chi connectivity index (χ0v) is 13.6.